The first-order valence-corrected chi connectivity index (χ1v) is 9.27. The first-order valence-electron chi connectivity index (χ1n) is 9.27. The van der Waals surface area contributed by atoms with Crippen LogP contribution >= 0.6 is 0 Å². The van der Waals surface area contributed by atoms with Crippen molar-refractivity contribution in [1.29, 1.82) is 0 Å². The number of benzene rings is 3. The van der Waals surface area contributed by atoms with Crippen molar-refractivity contribution >= 4 is 5.57 Å². The number of hydrogen-bond donors (Lipinski definition) is 0. The molecule has 3 aromatic rings. The van der Waals surface area contributed by atoms with Gasteiger partial charge < -0.3 is 0 Å². The summed E-state index contributed by atoms with van der Waals surface area (Å²) in [6, 6.07) is 26.9. The van der Waals surface area contributed by atoms with Gasteiger partial charge in [0.15, 0.2) is 0 Å². The van der Waals surface area contributed by atoms with E-state index < -0.39 is 0 Å². The maximum Gasteiger partial charge on any atom is 0.0685 e. The van der Waals surface area contributed by atoms with Crippen LogP contribution in [-0.2, 0) is 5.41 Å². The lowest BCUT2D eigenvalue weighted by Crippen LogP contribution is -2.33. The Labute approximate surface area is 161 Å². The molecule has 2 bridgehead atoms. The van der Waals surface area contributed by atoms with E-state index in [0.717, 1.165) is 6.42 Å². The Morgan fingerprint density at radius 3 is 1.67 bits per heavy atom. The number of hydrogen-bond acceptors (Lipinski definition) is 0. The Kier molecular flexibility index (Phi) is 3.39. The lowest BCUT2D eigenvalue weighted by Gasteiger charge is -2.41. The van der Waals surface area contributed by atoms with Gasteiger partial charge in [-0.25, -0.2) is 0 Å². The predicted octanol–water partition coefficient (Wildman–Crippen LogP) is 6.92. The van der Waals surface area contributed by atoms with Crippen LogP contribution in [0.3, 0.4) is 0 Å². The van der Waals surface area contributed by atoms with Crippen LogP contribution in [0.15, 0.2) is 103 Å². The quantitative estimate of drug-likeness (QED) is 0.414. The van der Waals surface area contributed by atoms with Crippen molar-refractivity contribution in [3.63, 3.8) is 0 Å². The Morgan fingerprint density at radius 2 is 1.04 bits per heavy atom. The average Bonchev–Trinajstić information content (AvgIpc) is 2.83. The van der Waals surface area contributed by atoms with Crippen molar-refractivity contribution in [2.45, 2.75) is 19.3 Å². The summed E-state index contributed by atoms with van der Waals surface area (Å²) in [7, 11) is 0. The number of rotatable bonds is 0. The third kappa shape index (κ3) is 1.88. The van der Waals surface area contributed by atoms with E-state index >= 15 is 0 Å². The zero-order valence-corrected chi connectivity index (χ0v) is 14.4. The van der Waals surface area contributed by atoms with Crippen LogP contribution in [0.4, 0.5) is 0 Å². The molecule has 130 valence electrons. The van der Waals surface area contributed by atoms with E-state index in [-0.39, 0.29) is 12.8 Å². The molecule has 0 heteroatoms. The number of fused-ring (bicyclic) bond motifs is 11. The molecule has 0 saturated heterocycles. The van der Waals surface area contributed by atoms with Gasteiger partial charge in [-0.05, 0) is 50.9 Å². The van der Waals surface area contributed by atoms with E-state index in [1.54, 1.807) is 0 Å². The maximum absolute atomic E-state index is 2.35. The second-order valence-corrected chi connectivity index (χ2v) is 7.33. The molecule has 3 aliphatic rings. The van der Waals surface area contributed by atoms with E-state index in [4.69, 9.17) is 0 Å². The molecule has 0 nitrogen and oxygen atoms in total. The van der Waals surface area contributed by atoms with Crippen molar-refractivity contribution in [2.24, 2.45) is 0 Å². The summed E-state index contributed by atoms with van der Waals surface area (Å²) in [6.45, 7) is 0. The van der Waals surface area contributed by atoms with Crippen molar-refractivity contribution < 1.29 is 0 Å². The normalized spacial score (nSPS) is 17.0. The highest BCUT2D eigenvalue weighted by atomic mass is 14.5. The predicted molar refractivity (Wildman–Crippen MR) is 115 cm³/mol. The fourth-order valence-electron chi connectivity index (χ4n) is 5.24. The van der Waals surface area contributed by atoms with E-state index in [1.807, 2.05) is 0 Å². The van der Waals surface area contributed by atoms with Gasteiger partial charge >= 0.3 is 0 Å². The monoisotopic (exact) mass is 346 g/mol. The summed E-state index contributed by atoms with van der Waals surface area (Å²) in [6.07, 6.45) is 10.0. The molecule has 0 heterocycles. The van der Waals surface area contributed by atoms with Crippen LogP contribution in [0.2, 0.25) is 0 Å². The lowest BCUT2D eigenvalue weighted by atomic mass is 9.60. The highest BCUT2D eigenvalue weighted by Crippen LogP contribution is 2.61. The molecular formula is C27H22. The molecule has 0 N–H and O–H groups in total. The second kappa shape index (κ2) is 5.69. The highest BCUT2D eigenvalue weighted by Gasteiger charge is 2.50. The molecular weight excluding hydrogens is 324 g/mol. The lowest BCUT2D eigenvalue weighted by molar-refractivity contribution is 0.711. The van der Waals surface area contributed by atoms with Crippen molar-refractivity contribution in [1.82, 2.24) is 0 Å². The van der Waals surface area contributed by atoms with Crippen LogP contribution in [-0.4, -0.2) is 0 Å². The van der Waals surface area contributed by atoms with Gasteiger partial charge in [-0.15, -0.1) is 0 Å². The Hall–Kier alpha value is -3.12. The summed E-state index contributed by atoms with van der Waals surface area (Å²) in [4.78, 5) is 0. The topological polar surface area (TPSA) is 0 Å². The summed E-state index contributed by atoms with van der Waals surface area (Å²) in [5.74, 6) is 0. The molecule has 3 aromatic carbocycles. The van der Waals surface area contributed by atoms with Gasteiger partial charge in [0.05, 0.1) is 5.41 Å². The van der Waals surface area contributed by atoms with Crippen LogP contribution in [0.25, 0.3) is 16.7 Å². The van der Waals surface area contributed by atoms with Crippen LogP contribution in [0.5, 0.6) is 0 Å². The summed E-state index contributed by atoms with van der Waals surface area (Å²) in [5, 5.41) is 0. The van der Waals surface area contributed by atoms with Gasteiger partial charge in [0.25, 0.3) is 0 Å². The minimum absolute atomic E-state index is 0. The number of allylic oxidation sites excluding steroid dienone is 6. The van der Waals surface area contributed by atoms with Crippen molar-refractivity contribution in [3.05, 3.63) is 125 Å². The van der Waals surface area contributed by atoms with Crippen molar-refractivity contribution in [3.8, 4) is 11.1 Å². The summed E-state index contributed by atoms with van der Waals surface area (Å²) in [5.41, 5.74) is 11.1. The van der Waals surface area contributed by atoms with E-state index in [9.17, 15) is 0 Å². The third-order valence-corrected chi connectivity index (χ3v) is 6.20. The minimum Gasteiger partial charge on any atom is -0.0776 e. The van der Waals surface area contributed by atoms with Crippen molar-refractivity contribution in [2.75, 3.05) is 0 Å². The molecule has 0 amide bonds. The van der Waals surface area contributed by atoms with E-state index in [1.165, 1.54) is 44.5 Å². The van der Waals surface area contributed by atoms with Gasteiger partial charge in [-0.1, -0.05) is 105 Å². The standard InChI is InChI=1S/C26H18.CH4/c1-2-10-19-17-18(9-1)20-11-3-6-14-23(20)26(19)24-15-7-4-12-21(24)22-13-5-8-16-25(22)26;/h1-16H,17H2;1H4. The van der Waals surface area contributed by atoms with Gasteiger partial charge in [0, 0.05) is 0 Å². The zero-order valence-electron chi connectivity index (χ0n) is 14.4. The van der Waals surface area contributed by atoms with Gasteiger partial charge in [0.2, 0.25) is 0 Å². The fraction of sp³-hybridized carbons (Fsp3) is 0.111. The molecule has 3 aliphatic carbocycles. The molecule has 0 unspecified atom stereocenters. The van der Waals surface area contributed by atoms with Gasteiger partial charge in [-0.3, -0.25) is 0 Å². The van der Waals surface area contributed by atoms with Crippen LogP contribution in [0.1, 0.15) is 36.1 Å². The fourth-order valence-corrected chi connectivity index (χ4v) is 5.24. The molecule has 1 spiro atoms. The molecule has 27 heavy (non-hydrogen) atoms. The molecule has 0 aromatic heterocycles. The smallest absolute Gasteiger partial charge is 0.0685 e. The summed E-state index contributed by atoms with van der Waals surface area (Å²) < 4.78 is 0. The molecule has 6 rings (SSSR count). The molecule has 0 atom stereocenters. The first kappa shape index (κ1) is 16.1. The SMILES string of the molecule is C.C1=CC=C2CC(=C1)c1ccccc1C21c2ccccc2-c2ccccc21. The van der Waals surface area contributed by atoms with Gasteiger partial charge in [0.1, 0.15) is 0 Å². The molecule has 0 radical (unpaired) electrons. The largest absolute Gasteiger partial charge is 0.0776 e. The first-order chi connectivity index (χ1) is 12.9. The molecule has 0 aliphatic heterocycles. The minimum atomic E-state index is -0.171. The Morgan fingerprint density at radius 1 is 0.556 bits per heavy atom. The third-order valence-electron chi connectivity index (χ3n) is 6.20. The van der Waals surface area contributed by atoms with E-state index in [0.29, 0.717) is 0 Å². The van der Waals surface area contributed by atoms with Crippen LogP contribution in [0, 0.1) is 0 Å². The molecule has 0 fully saturated rings. The summed E-state index contributed by atoms with van der Waals surface area (Å²) >= 11 is 0. The molecule has 0 saturated carbocycles. The highest BCUT2D eigenvalue weighted by molar-refractivity contribution is 5.91. The zero-order chi connectivity index (χ0) is 17.1. The second-order valence-electron chi connectivity index (χ2n) is 7.33. The van der Waals surface area contributed by atoms with Crippen LogP contribution < -0.4 is 0 Å². The Balaban J connectivity index is 0.00000160. The van der Waals surface area contributed by atoms with Gasteiger partial charge in [-0.2, -0.15) is 0 Å². The maximum atomic E-state index is 2.35. The Bertz CT molecular complexity index is 1110. The van der Waals surface area contributed by atoms with E-state index in [2.05, 4.69) is 97.1 Å². The average molecular weight is 346 g/mol.